The van der Waals surface area contributed by atoms with Gasteiger partial charge < -0.3 is 4.98 Å². The minimum Gasteiger partial charge on any atom is -0.336 e. The van der Waals surface area contributed by atoms with E-state index in [9.17, 15) is 4.39 Å². The lowest BCUT2D eigenvalue weighted by atomic mass is 10.2. The maximum atomic E-state index is 13.2. The Bertz CT molecular complexity index is 866. The third-order valence-corrected chi connectivity index (χ3v) is 4.56. The highest BCUT2D eigenvalue weighted by Crippen LogP contribution is 2.33. The molecule has 1 N–H and O–H groups in total. The summed E-state index contributed by atoms with van der Waals surface area (Å²) in [5.41, 5.74) is 1.55. The van der Waals surface area contributed by atoms with Gasteiger partial charge in [-0.2, -0.15) is 0 Å². The second-order valence-corrected chi connectivity index (χ2v) is 6.40. The summed E-state index contributed by atoms with van der Waals surface area (Å²) >= 11 is 4.90. The van der Waals surface area contributed by atoms with Crippen LogP contribution < -0.4 is 0 Å². The molecule has 4 rings (SSSR count). The van der Waals surface area contributed by atoms with E-state index in [2.05, 4.69) is 30.9 Å². The summed E-state index contributed by atoms with van der Waals surface area (Å²) in [7, 11) is 0. The summed E-state index contributed by atoms with van der Waals surface area (Å²) in [4.78, 5) is 12.9. The molecular formula is C14H7BrFN3S. The fourth-order valence-electron chi connectivity index (χ4n) is 2.11. The van der Waals surface area contributed by atoms with Crippen molar-refractivity contribution < 1.29 is 4.39 Å². The van der Waals surface area contributed by atoms with E-state index < -0.39 is 0 Å². The molecule has 98 valence electrons. The molecule has 3 nitrogen and oxygen atoms in total. The maximum Gasteiger partial charge on any atom is 0.178 e. The number of nitrogens with one attached hydrogen (secondary N) is 1. The van der Waals surface area contributed by atoms with E-state index in [4.69, 9.17) is 0 Å². The van der Waals surface area contributed by atoms with Crippen molar-refractivity contribution >= 4 is 48.5 Å². The van der Waals surface area contributed by atoms with Crippen LogP contribution in [0.5, 0.6) is 0 Å². The molecule has 0 saturated carbocycles. The van der Waals surface area contributed by atoms with Crippen LogP contribution in [0.3, 0.4) is 0 Å². The van der Waals surface area contributed by atoms with E-state index in [0.29, 0.717) is 5.65 Å². The Kier molecular flexibility index (Phi) is 2.61. The first-order chi connectivity index (χ1) is 9.69. The zero-order valence-electron chi connectivity index (χ0n) is 10.0. The lowest BCUT2D eigenvalue weighted by Crippen LogP contribution is -1.75. The number of halogens is 2. The molecule has 0 amide bonds. The fraction of sp³-hybridized carbons (Fsp3) is 0. The number of H-pyrrole nitrogens is 1. The van der Waals surface area contributed by atoms with Gasteiger partial charge >= 0.3 is 0 Å². The average Bonchev–Trinajstić information content (AvgIpc) is 3.00. The van der Waals surface area contributed by atoms with Crippen LogP contribution in [0.15, 0.2) is 41.0 Å². The number of pyridine rings is 1. The molecule has 1 aromatic carbocycles. The molecule has 20 heavy (non-hydrogen) atoms. The first kappa shape index (κ1) is 12.0. The second kappa shape index (κ2) is 4.36. The largest absolute Gasteiger partial charge is 0.336 e. The molecule has 0 bridgehead atoms. The minimum absolute atomic E-state index is 0.221. The molecule has 3 heterocycles. The number of hydrogen-bond acceptors (Lipinski definition) is 3. The Morgan fingerprint density at radius 2 is 2.10 bits per heavy atom. The highest BCUT2D eigenvalue weighted by molar-refractivity contribution is 9.10. The summed E-state index contributed by atoms with van der Waals surface area (Å²) in [6, 6.07) is 8.73. The number of rotatable bonds is 1. The van der Waals surface area contributed by atoms with Crippen LogP contribution in [-0.2, 0) is 0 Å². The normalized spacial score (nSPS) is 11.5. The monoisotopic (exact) mass is 347 g/mol. The number of fused-ring (bicyclic) bond motifs is 2. The van der Waals surface area contributed by atoms with E-state index >= 15 is 0 Å². The number of imidazole rings is 1. The quantitative estimate of drug-likeness (QED) is 0.540. The first-order valence-electron chi connectivity index (χ1n) is 5.90. The summed E-state index contributed by atoms with van der Waals surface area (Å²) < 4.78 is 15.0. The topological polar surface area (TPSA) is 41.6 Å². The van der Waals surface area contributed by atoms with Gasteiger partial charge in [-0.15, -0.1) is 11.3 Å². The van der Waals surface area contributed by atoms with Crippen LogP contribution in [0.25, 0.3) is 32.0 Å². The standard InChI is InChI=1S/C14H7BrFN3S/c15-8-4-10-13(17-6-8)19-14(18-10)12-3-7-1-2-9(16)5-11(7)20-12/h1-6H,(H,17,18,19). The summed E-state index contributed by atoms with van der Waals surface area (Å²) in [6.07, 6.45) is 1.72. The molecule has 0 spiro atoms. The zero-order valence-corrected chi connectivity index (χ0v) is 12.4. The fourth-order valence-corrected chi connectivity index (χ4v) is 3.48. The van der Waals surface area contributed by atoms with Crippen LogP contribution in [0.4, 0.5) is 4.39 Å². The van der Waals surface area contributed by atoms with Crippen LogP contribution in [0, 0.1) is 5.82 Å². The predicted molar refractivity (Wildman–Crippen MR) is 82.4 cm³/mol. The average molecular weight is 348 g/mol. The smallest absolute Gasteiger partial charge is 0.178 e. The lowest BCUT2D eigenvalue weighted by molar-refractivity contribution is 0.630. The van der Waals surface area contributed by atoms with Crippen molar-refractivity contribution in [1.29, 1.82) is 0 Å². The van der Waals surface area contributed by atoms with E-state index in [-0.39, 0.29) is 5.82 Å². The summed E-state index contributed by atoms with van der Waals surface area (Å²) in [5, 5.41) is 1.01. The zero-order chi connectivity index (χ0) is 13.7. The van der Waals surface area contributed by atoms with Gasteiger partial charge in [-0.05, 0) is 45.6 Å². The van der Waals surface area contributed by atoms with Gasteiger partial charge in [0, 0.05) is 15.4 Å². The molecule has 0 unspecified atom stereocenters. The molecule has 0 atom stereocenters. The van der Waals surface area contributed by atoms with Crippen molar-refractivity contribution in [3.63, 3.8) is 0 Å². The van der Waals surface area contributed by atoms with Crippen molar-refractivity contribution in [2.24, 2.45) is 0 Å². The molecule has 3 aromatic heterocycles. The van der Waals surface area contributed by atoms with Crippen LogP contribution in [0.1, 0.15) is 0 Å². The second-order valence-electron chi connectivity index (χ2n) is 4.40. The van der Waals surface area contributed by atoms with E-state index in [0.717, 1.165) is 30.8 Å². The van der Waals surface area contributed by atoms with Gasteiger partial charge in [-0.25, -0.2) is 14.4 Å². The van der Waals surface area contributed by atoms with Gasteiger partial charge in [0.05, 0.1) is 10.4 Å². The van der Waals surface area contributed by atoms with Crippen LogP contribution >= 0.6 is 27.3 Å². The number of aromatic nitrogens is 3. The third kappa shape index (κ3) is 1.92. The number of hydrogen-bond donors (Lipinski definition) is 1. The number of thiophene rings is 1. The molecule has 0 aliphatic rings. The lowest BCUT2D eigenvalue weighted by Gasteiger charge is -1.87. The Morgan fingerprint density at radius 3 is 3.00 bits per heavy atom. The van der Waals surface area contributed by atoms with Gasteiger partial charge in [0.15, 0.2) is 11.5 Å². The van der Waals surface area contributed by atoms with Gasteiger partial charge in [0.1, 0.15) is 5.82 Å². The van der Waals surface area contributed by atoms with Crippen molar-refractivity contribution in [2.75, 3.05) is 0 Å². The Morgan fingerprint density at radius 1 is 1.20 bits per heavy atom. The molecule has 0 radical (unpaired) electrons. The van der Waals surface area contributed by atoms with E-state index in [1.807, 2.05) is 12.1 Å². The van der Waals surface area contributed by atoms with Crippen LogP contribution in [0.2, 0.25) is 0 Å². The van der Waals surface area contributed by atoms with Gasteiger partial charge in [-0.1, -0.05) is 6.07 Å². The van der Waals surface area contributed by atoms with Gasteiger partial charge in [-0.3, -0.25) is 0 Å². The van der Waals surface area contributed by atoms with E-state index in [1.165, 1.54) is 17.4 Å². The predicted octanol–water partition coefficient (Wildman–Crippen LogP) is 4.74. The van der Waals surface area contributed by atoms with Crippen molar-refractivity contribution in [2.45, 2.75) is 0 Å². The highest BCUT2D eigenvalue weighted by Gasteiger charge is 2.10. The van der Waals surface area contributed by atoms with Crippen LogP contribution in [-0.4, -0.2) is 15.0 Å². The number of benzene rings is 1. The molecule has 0 aliphatic carbocycles. The van der Waals surface area contributed by atoms with E-state index in [1.54, 1.807) is 18.3 Å². The molecule has 0 fully saturated rings. The van der Waals surface area contributed by atoms with Gasteiger partial charge in [0.2, 0.25) is 0 Å². The molecule has 0 saturated heterocycles. The number of aromatic amines is 1. The summed E-state index contributed by atoms with van der Waals surface area (Å²) in [6.45, 7) is 0. The first-order valence-corrected chi connectivity index (χ1v) is 7.51. The van der Waals surface area contributed by atoms with Crippen molar-refractivity contribution in [3.8, 4) is 10.7 Å². The summed E-state index contributed by atoms with van der Waals surface area (Å²) in [5.74, 6) is 0.535. The SMILES string of the molecule is Fc1ccc2cc(-c3nc4ncc(Br)cc4[nH]3)sc2c1. The third-order valence-electron chi connectivity index (χ3n) is 3.02. The molecule has 6 heteroatoms. The Balaban J connectivity index is 1.91. The molecule has 0 aliphatic heterocycles. The molecule has 4 aromatic rings. The van der Waals surface area contributed by atoms with Gasteiger partial charge in [0.25, 0.3) is 0 Å². The molecular weight excluding hydrogens is 341 g/mol. The maximum absolute atomic E-state index is 13.2. The van der Waals surface area contributed by atoms with Crippen molar-refractivity contribution in [1.82, 2.24) is 15.0 Å². The van der Waals surface area contributed by atoms with Crippen molar-refractivity contribution in [3.05, 3.63) is 46.8 Å². The highest BCUT2D eigenvalue weighted by atomic mass is 79.9. The Hall–Kier alpha value is -1.79. The number of nitrogens with zero attached hydrogens (tertiary/aromatic N) is 2. The Labute approximate surface area is 125 Å². The minimum atomic E-state index is -0.221.